The predicted octanol–water partition coefficient (Wildman–Crippen LogP) is 1.60. The number of nitrogens with two attached hydrogens (primary N) is 1. The molecule has 1 aromatic heterocycles. The van der Waals surface area contributed by atoms with Crippen LogP contribution in [0.2, 0.25) is 0 Å². The average molecular weight is 493 g/mol. The van der Waals surface area contributed by atoms with Crippen molar-refractivity contribution >= 4 is 23.5 Å². The Morgan fingerprint density at radius 1 is 1.03 bits per heavy atom. The van der Waals surface area contributed by atoms with E-state index in [1.807, 2.05) is 60.7 Å². The van der Waals surface area contributed by atoms with Crippen molar-refractivity contribution in [1.29, 1.82) is 0 Å². The molecule has 5 N–H and O–H groups in total. The van der Waals surface area contributed by atoms with Crippen molar-refractivity contribution in [3.8, 4) is 0 Å². The first kappa shape index (κ1) is 26.6. The van der Waals surface area contributed by atoms with Gasteiger partial charge >= 0.3 is 0 Å². The van der Waals surface area contributed by atoms with Gasteiger partial charge in [-0.15, -0.1) is 0 Å². The molecular formula is C26H32N6O4. The number of benzene rings is 2. The largest absolute Gasteiger partial charge is 0.374 e. The quantitative estimate of drug-likeness (QED) is 0.320. The van der Waals surface area contributed by atoms with E-state index in [2.05, 4.69) is 20.9 Å². The van der Waals surface area contributed by atoms with E-state index < -0.39 is 29.4 Å². The summed E-state index contributed by atoms with van der Waals surface area (Å²) in [6, 6.07) is 17.0. The summed E-state index contributed by atoms with van der Waals surface area (Å²) in [5.41, 5.74) is 6.40. The van der Waals surface area contributed by atoms with Crippen molar-refractivity contribution in [3.05, 3.63) is 84.3 Å². The van der Waals surface area contributed by atoms with Gasteiger partial charge in [0.1, 0.15) is 12.1 Å². The van der Waals surface area contributed by atoms with Gasteiger partial charge in [0, 0.05) is 13.2 Å². The van der Waals surface area contributed by atoms with E-state index >= 15 is 0 Å². The topological polar surface area (TPSA) is 140 Å². The molecule has 190 valence electrons. The molecule has 10 nitrogen and oxygen atoms in total. The number of hydrogen-bond donors (Lipinski definition) is 4. The number of anilines is 1. The predicted molar refractivity (Wildman–Crippen MR) is 136 cm³/mol. The molecule has 0 saturated carbocycles. The van der Waals surface area contributed by atoms with Gasteiger partial charge in [-0.3, -0.25) is 14.4 Å². The second kappa shape index (κ2) is 12.1. The Morgan fingerprint density at radius 3 is 2.28 bits per heavy atom. The molecule has 1 heterocycles. The second-order valence-electron chi connectivity index (χ2n) is 8.87. The van der Waals surface area contributed by atoms with E-state index in [1.54, 1.807) is 31.7 Å². The van der Waals surface area contributed by atoms with E-state index in [-0.39, 0.29) is 24.9 Å². The maximum absolute atomic E-state index is 13.1. The number of amides is 3. The molecule has 0 bridgehead atoms. The molecule has 0 fully saturated rings. The highest BCUT2D eigenvalue weighted by molar-refractivity contribution is 5.98. The number of likely N-dealkylation sites (N-methyl/N-ethyl adjacent to an activating group) is 1. The first-order valence-corrected chi connectivity index (χ1v) is 11.5. The van der Waals surface area contributed by atoms with Crippen molar-refractivity contribution in [3.63, 3.8) is 0 Å². The number of nitrogens with one attached hydrogen (secondary N) is 3. The lowest BCUT2D eigenvalue weighted by Gasteiger charge is -2.23. The van der Waals surface area contributed by atoms with Gasteiger partial charge in [-0.2, -0.15) is 0 Å². The molecule has 3 aromatic rings. The molecule has 3 rings (SSSR count). The molecule has 0 spiro atoms. The summed E-state index contributed by atoms with van der Waals surface area (Å²) in [4.78, 5) is 42.4. The summed E-state index contributed by atoms with van der Waals surface area (Å²) in [6.07, 6.45) is 3.02. The number of carbonyl (C=O) groups is 3. The summed E-state index contributed by atoms with van der Waals surface area (Å²) < 4.78 is 7.31. The molecular weight excluding hydrogens is 460 g/mol. The lowest BCUT2D eigenvalue weighted by molar-refractivity contribution is -0.130. The Kier molecular flexibility index (Phi) is 8.93. The van der Waals surface area contributed by atoms with Crippen LogP contribution in [0.4, 0.5) is 5.82 Å². The third-order valence-electron chi connectivity index (χ3n) is 5.36. The Hall–Kier alpha value is -4.02. The monoisotopic (exact) mass is 492 g/mol. The highest BCUT2D eigenvalue weighted by Gasteiger charge is 2.29. The lowest BCUT2D eigenvalue weighted by atomic mass is 10.1. The fourth-order valence-corrected chi connectivity index (χ4v) is 3.38. The van der Waals surface area contributed by atoms with Gasteiger partial charge < -0.3 is 31.0 Å². The van der Waals surface area contributed by atoms with Crippen molar-refractivity contribution in [1.82, 2.24) is 20.2 Å². The Labute approximate surface area is 210 Å². The molecule has 2 atom stereocenters. The van der Waals surface area contributed by atoms with E-state index in [0.29, 0.717) is 0 Å². The van der Waals surface area contributed by atoms with E-state index in [4.69, 9.17) is 10.5 Å². The fourth-order valence-electron chi connectivity index (χ4n) is 3.38. The zero-order valence-electron chi connectivity index (χ0n) is 20.6. The summed E-state index contributed by atoms with van der Waals surface area (Å²) in [7, 11) is 1.56. The third kappa shape index (κ3) is 7.24. The van der Waals surface area contributed by atoms with Crippen LogP contribution in [0, 0.1) is 0 Å². The molecule has 36 heavy (non-hydrogen) atoms. The SMILES string of the molecule is CNC(=O)C(c1ccccc1)n1cnc(NC(=O)[C@@H](COCc2ccccc2)NC(=O)C(C)(C)N)c1. The van der Waals surface area contributed by atoms with Crippen molar-refractivity contribution in [2.24, 2.45) is 5.73 Å². The zero-order valence-corrected chi connectivity index (χ0v) is 20.6. The molecule has 0 radical (unpaired) electrons. The minimum atomic E-state index is -1.18. The maximum Gasteiger partial charge on any atom is 0.250 e. The van der Waals surface area contributed by atoms with Gasteiger partial charge in [0.05, 0.1) is 25.1 Å². The smallest absolute Gasteiger partial charge is 0.250 e. The highest BCUT2D eigenvalue weighted by Crippen LogP contribution is 2.20. The van der Waals surface area contributed by atoms with Crippen LogP contribution in [0.3, 0.4) is 0 Å². The summed E-state index contributed by atoms with van der Waals surface area (Å²) in [5, 5.41) is 7.99. The van der Waals surface area contributed by atoms with E-state index in [9.17, 15) is 14.4 Å². The number of carbonyl (C=O) groups excluding carboxylic acids is 3. The average Bonchev–Trinajstić information content (AvgIpc) is 3.31. The second-order valence-corrected chi connectivity index (χ2v) is 8.87. The molecule has 10 heteroatoms. The number of hydrogen-bond acceptors (Lipinski definition) is 6. The van der Waals surface area contributed by atoms with Crippen LogP contribution in [0.25, 0.3) is 0 Å². The summed E-state index contributed by atoms with van der Waals surface area (Å²) >= 11 is 0. The van der Waals surface area contributed by atoms with Crippen molar-refractivity contribution in [2.75, 3.05) is 19.0 Å². The van der Waals surface area contributed by atoms with Crippen LogP contribution in [0.15, 0.2) is 73.2 Å². The molecule has 3 amide bonds. The standard InChI is InChI=1S/C26H32N6O4/c1-26(2,27)25(35)30-20(16-36-15-18-10-6-4-7-11-18)23(33)31-21-14-32(17-29-21)22(24(34)28-3)19-12-8-5-9-13-19/h4-14,17,20,22H,15-16,27H2,1-3H3,(H,28,34)(H,30,35)(H,31,33)/t20-,22?/m1/s1. The van der Waals surface area contributed by atoms with E-state index in [1.165, 1.54) is 6.33 Å². The van der Waals surface area contributed by atoms with Crippen LogP contribution in [-0.2, 0) is 25.7 Å². The van der Waals surface area contributed by atoms with Gasteiger partial charge in [0.15, 0.2) is 5.82 Å². The fraction of sp³-hybridized carbons (Fsp3) is 0.308. The van der Waals surface area contributed by atoms with Crippen molar-refractivity contribution in [2.45, 2.75) is 38.1 Å². The van der Waals surface area contributed by atoms with Crippen LogP contribution >= 0.6 is 0 Å². The van der Waals surface area contributed by atoms with Crippen LogP contribution in [0.5, 0.6) is 0 Å². The van der Waals surface area contributed by atoms with Crippen molar-refractivity contribution < 1.29 is 19.1 Å². The highest BCUT2D eigenvalue weighted by atomic mass is 16.5. The summed E-state index contributed by atoms with van der Waals surface area (Å²) in [5.74, 6) is -1.04. The minimum Gasteiger partial charge on any atom is -0.374 e. The number of imidazole rings is 1. The lowest BCUT2D eigenvalue weighted by Crippen LogP contribution is -2.56. The van der Waals surface area contributed by atoms with Crippen LogP contribution < -0.4 is 21.7 Å². The molecule has 1 unspecified atom stereocenters. The molecule has 0 aliphatic carbocycles. The Morgan fingerprint density at radius 2 is 1.67 bits per heavy atom. The van der Waals surface area contributed by atoms with Gasteiger partial charge in [-0.1, -0.05) is 60.7 Å². The van der Waals surface area contributed by atoms with Crippen LogP contribution in [0.1, 0.15) is 31.0 Å². The van der Waals surface area contributed by atoms with E-state index in [0.717, 1.165) is 11.1 Å². The Bertz CT molecular complexity index is 1160. The number of aromatic nitrogens is 2. The third-order valence-corrected chi connectivity index (χ3v) is 5.36. The normalized spacial score (nSPS) is 12.9. The number of nitrogens with zero attached hydrogens (tertiary/aromatic N) is 2. The molecule has 0 saturated heterocycles. The summed E-state index contributed by atoms with van der Waals surface area (Å²) in [6.45, 7) is 3.29. The van der Waals surface area contributed by atoms with Gasteiger partial charge in [0.25, 0.3) is 5.91 Å². The first-order chi connectivity index (χ1) is 17.2. The minimum absolute atomic E-state index is 0.0753. The number of ether oxygens (including phenoxy) is 1. The molecule has 0 aliphatic rings. The molecule has 2 aromatic carbocycles. The maximum atomic E-state index is 13.1. The zero-order chi connectivity index (χ0) is 26.1. The van der Waals surface area contributed by atoms with Gasteiger partial charge in [-0.05, 0) is 25.0 Å². The Balaban J connectivity index is 1.73. The molecule has 0 aliphatic heterocycles. The van der Waals surface area contributed by atoms with Gasteiger partial charge in [0.2, 0.25) is 11.8 Å². The first-order valence-electron chi connectivity index (χ1n) is 11.5. The van der Waals surface area contributed by atoms with Crippen LogP contribution in [-0.4, -0.2) is 52.5 Å². The van der Waals surface area contributed by atoms with Gasteiger partial charge in [-0.25, -0.2) is 4.98 Å². The number of rotatable bonds is 11.